The van der Waals surface area contributed by atoms with Crippen molar-refractivity contribution in [2.75, 3.05) is 0 Å². The van der Waals surface area contributed by atoms with E-state index in [1.165, 1.54) is 17.3 Å². The molecule has 1 aliphatic rings. The summed E-state index contributed by atoms with van der Waals surface area (Å²) in [7, 11) is 0. The van der Waals surface area contributed by atoms with Gasteiger partial charge in [-0.05, 0) is 66.1 Å². The lowest BCUT2D eigenvalue weighted by Crippen LogP contribution is -2.19. The van der Waals surface area contributed by atoms with Gasteiger partial charge in [0.25, 0.3) is 5.91 Å². The van der Waals surface area contributed by atoms with Gasteiger partial charge >= 0.3 is 0 Å². The van der Waals surface area contributed by atoms with E-state index in [-0.39, 0.29) is 5.91 Å². The minimum absolute atomic E-state index is 0.135. The molecule has 0 radical (unpaired) electrons. The molecule has 1 amide bonds. The second-order valence-electron chi connectivity index (χ2n) is 7.31. The van der Waals surface area contributed by atoms with Crippen LogP contribution in [0, 0.1) is 6.92 Å². The molecule has 1 N–H and O–H groups in total. The van der Waals surface area contributed by atoms with Crippen molar-refractivity contribution in [2.24, 2.45) is 4.99 Å². The van der Waals surface area contributed by atoms with Gasteiger partial charge in [-0.15, -0.1) is 0 Å². The largest absolute Gasteiger partial charge is 0.489 e. The fourth-order valence-corrected chi connectivity index (χ4v) is 4.04. The average Bonchev–Trinajstić information content (AvgIpc) is 3.12. The molecule has 0 atom stereocenters. The molecule has 1 aliphatic heterocycles. The summed E-state index contributed by atoms with van der Waals surface area (Å²) in [4.78, 5) is 17.7. The Morgan fingerprint density at radius 3 is 2.65 bits per heavy atom. The van der Waals surface area contributed by atoms with Gasteiger partial charge < -0.3 is 10.1 Å². The number of aryl methyl sites for hydroxylation is 2. The first-order valence-electron chi connectivity index (χ1n) is 10.3. The molecule has 3 aromatic carbocycles. The van der Waals surface area contributed by atoms with Crippen LogP contribution in [0.15, 0.2) is 82.7 Å². The summed E-state index contributed by atoms with van der Waals surface area (Å²) in [5.41, 5.74) is 5.30. The predicted octanol–water partition coefficient (Wildman–Crippen LogP) is 6.03. The number of aliphatic imine (C=N–C) groups is 1. The highest BCUT2D eigenvalue weighted by Crippen LogP contribution is 2.30. The SMILES string of the molecule is CCc1ccccc1N=C1NC(=O)C(=Cc2cccc(OCc3ccc(C)cc3)c2)S1. The number of ether oxygens (including phenoxy) is 1. The number of carbonyl (C=O) groups excluding carboxylic acids is 1. The molecular weight excluding hydrogens is 404 g/mol. The number of benzene rings is 3. The highest BCUT2D eigenvalue weighted by molar-refractivity contribution is 8.18. The molecule has 1 heterocycles. The van der Waals surface area contributed by atoms with E-state index in [2.05, 4.69) is 54.5 Å². The van der Waals surface area contributed by atoms with E-state index in [0.29, 0.717) is 16.7 Å². The maximum absolute atomic E-state index is 12.4. The summed E-state index contributed by atoms with van der Waals surface area (Å²) in [6, 6.07) is 24.0. The minimum Gasteiger partial charge on any atom is -0.489 e. The first-order chi connectivity index (χ1) is 15.1. The van der Waals surface area contributed by atoms with Gasteiger partial charge in [0.2, 0.25) is 0 Å². The van der Waals surface area contributed by atoms with Gasteiger partial charge in [-0.2, -0.15) is 0 Å². The number of thioether (sulfide) groups is 1. The number of hydrogen-bond donors (Lipinski definition) is 1. The first kappa shape index (κ1) is 20.9. The van der Waals surface area contributed by atoms with Crippen molar-refractivity contribution in [2.45, 2.75) is 26.9 Å². The summed E-state index contributed by atoms with van der Waals surface area (Å²) in [6.45, 7) is 4.67. The lowest BCUT2D eigenvalue weighted by Gasteiger charge is -2.07. The number of carbonyl (C=O) groups is 1. The molecule has 4 nitrogen and oxygen atoms in total. The smallest absolute Gasteiger partial charge is 0.264 e. The van der Waals surface area contributed by atoms with Gasteiger partial charge in [0.15, 0.2) is 5.17 Å². The summed E-state index contributed by atoms with van der Waals surface area (Å²) in [5, 5.41) is 3.47. The molecule has 0 saturated carbocycles. The number of amides is 1. The van der Waals surface area contributed by atoms with Gasteiger partial charge in [-0.25, -0.2) is 4.99 Å². The molecule has 31 heavy (non-hydrogen) atoms. The van der Waals surface area contributed by atoms with Crippen LogP contribution < -0.4 is 10.1 Å². The van der Waals surface area contributed by atoms with E-state index in [4.69, 9.17) is 4.74 Å². The second-order valence-corrected chi connectivity index (χ2v) is 8.34. The van der Waals surface area contributed by atoms with Crippen LogP contribution in [0.5, 0.6) is 5.75 Å². The van der Waals surface area contributed by atoms with E-state index in [1.807, 2.05) is 48.5 Å². The Morgan fingerprint density at radius 1 is 1.03 bits per heavy atom. The van der Waals surface area contributed by atoms with Crippen LogP contribution in [0.2, 0.25) is 0 Å². The molecule has 0 bridgehead atoms. The fraction of sp³-hybridized carbons (Fsp3) is 0.154. The molecule has 1 fully saturated rings. The number of nitrogens with zero attached hydrogens (tertiary/aromatic N) is 1. The maximum Gasteiger partial charge on any atom is 0.264 e. The highest BCUT2D eigenvalue weighted by Gasteiger charge is 2.24. The first-order valence-corrected chi connectivity index (χ1v) is 11.1. The van der Waals surface area contributed by atoms with E-state index in [9.17, 15) is 4.79 Å². The molecule has 0 spiro atoms. The standard InChI is InChI=1S/C26H24N2O2S/c1-3-21-8-4-5-10-23(21)27-26-28-25(29)24(31-26)16-20-7-6-9-22(15-20)30-17-19-13-11-18(2)12-14-19/h4-16H,3,17H2,1-2H3,(H,27,28,29). The summed E-state index contributed by atoms with van der Waals surface area (Å²) < 4.78 is 5.93. The third kappa shape index (κ3) is 5.44. The van der Waals surface area contributed by atoms with Crippen LogP contribution >= 0.6 is 11.8 Å². The van der Waals surface area contributed by atoms with Crippen molar-refractivity contribution in [1.29, 1.82) is 0 Å². The fourth-order valence-electron chi connectivity index (χ4n) is 3.21. The topological polar surface area (TPSA) is 50.7 Å². The van der Waals surface area contributed by atoms with Crippen molar-refractivity contribution in [3.8, 4) is 5.75 Å². The monoisotopic (exact) mass is 428 g/mol. The third-order valence-electron chi connectivity index (χ3n) is 4.93. The number of amidine groups is 1. The molecule has 156 valence electrons. The number of nitrogens with one attached hydrogen (secondary N) is 1. The van der Waals surface area contributed by atoms with Crippen molar-refractivity contribution in [3.63, 3.8) is 0 Å². The van der Waals surface area contributed by atoms with Crippen molar-refractivity contribution >= 4 is 34.6 Å². The highest BCUT2D eigenvalue weighted by atomic mass is 32.2. The Hall–Kier alpha value is -3.31. The molecule has 3 aromatic rings. The zero-order valence-corrected chi connectivity index (χ0v) is 18.4. The predicted molar refractivity (Wildman–Crippen MR) is 129 cm³/mol. The van der Waals surface area contributed by atoms with Crippen LogP contribution in [-0.4, -0.2) is 11.1 Å². The quantitative estimate of drug-likeness (QED) is 0.488. The van der Waals surface area contributed by atoms with E-state index in [0.717, 1.165) is 34.5 Å². The van der Waals surface area contributed by atoms with Gasteiger partial charge in [-0.3, -0.25) is 4.79 Å². The van der Waals surface area contributed by atoms with Gasteiger partial charge in [0.05, 0.1) is 10.6 Å². The molecule has 0 unspecified atom stereocenters. The Balaban J connectivity index is 1.47. The van der Waals surface area contributed by atoms with Crippen molar-refractivity contribution in [1.82, 2.24) is 5.32 Å². The number of hydrogen-bond acceptors (Lipinski definition) is 4. The molecule has 0 aliphatic carbocycles. The maximum atomic E-state index is 12.4. The van der Waals surface area contributed by atoms with Gasteiger partial charge in [0.1, 0.15) is 12.4 Å². The third-order valence-corrected chi connectivity index (χ3v) is 5.84. The van der Waals surface area contributed by atoms with Gasteiger partial charge in [0, 0.05) is 0 Å². The summed E-state index contributed by atoms with van der Waals surface area (Å²) in [5.74, 6) is 0.632. The Labute approximate surface area is 187 Å². The number of rotatable bonds is 6. The Kier molecular flexibility index (Phi) is 6.53. The molecule has 1 saturated heterocycles. The second kappa shape index (κ2) is 9.67. The van der Waals surface area contributed by atoms with Crippen molar-refractivity contribution in [3.05, 3.63) is 100.0 Å². The summed E-state index contributed by atoms with van der Waals surface area (Å²) in [6.07, 6.45) is 2.76. The van der Waals surface area contributed by atoms with E-state index in [1.54, 1.807) is 0 Å². The van der Waals surface area contributed by atoms with Crippen LogP contribution in [0.1, 0.15) is 29.2 Å². The zero-order valence-electron chi connectivity index (χ0n) is 17.6. The van der Waals surface area contributed by atoms with E-state index >= 15 is 0 Å². The normalized spacial score (nSPS) is 16.0. The molecule has 5 heteroatoms. The van der Waals surface area contributed by atoms with E-state index < -0.39 is 0 Å². The molecule has 4 rings (SSSR count). The lowest BCUT2D eigenvalue weighted by molar-refractivity contribution is -0.115. The lowest BCUT2D eigenvalue weighted by atomic mass is 10.1. The van der Waals surface area contributed by atoms with Gasteiger partial charge in [-0.1, -0.05) is 67.1 Å². The average molecular weight is 429 g/mol. The summed E-state index contributed by atoms with van der Waals surface area (Å²) >= 11 is 1.35. The van der Waals surface area contributed by atoms with Crippen LogP contribution in [0.4, 0.5) is 5.69 Å². The number of para-hydroxylation sites is 1. The van der Waals surface area contributed by atoms with Crippen molar-refractivity contribution < 1.29 is 9.53 Å². The zero-order chi connectivity index (χ0) is 21.6. The molecule has 0 aromatic heterocycles. The van der Waals surface area contributed by atoms with Crippen LogP contribution in [-0.2, 0) is 17.8 Å². The Bertz CT molecular complexity index is 1150. The van der Waals surface area contributed by atoms with Crippen LogP contribution in [0.25, 0.3) is 6.08 Å². The Morgan fingerprint density at radius 2 is 1.84 bits per heavy atom. The minimum atomic E-state index is -0.135. The van der Waals surface area contributed by atoms with Crippen LogP contribution in [0.3, 0.4) is 0 Å². The molecular formula is C26H24N2O2S.